The summed E-state index contributed by atoms with van der Waals surface area (Å²) in [5, 5.41) is 3.26. The van der Waals surface area contributed by atoms with Crippen LogP contribution in [0.5, 0.6) is 5.75 Å². The molecule has 0 saturated heterocycles. The van der Waals surface area contributed by atoms with Crippen molar-refractivity contribution in [1.82, 2.24) is 0 Å². The topological polar surface area (TPSA) is 21.3 Å². The maximum atomic E-state index is 13.9. The van der Waals surface area contributed by atoms with Crippen LogP contribution in [0.25, 0.3) is 0 Å². The fraction of sp³-hybridized carbons (Fsp3) is 0.294. The highest BCUT2D eigenvalue weighted by atomic mass is 19.1. The minimum atomic E-state index is -0.211. The molecule has 106 valence electrons. The van der Waals surface area contributed by atoms with E-state index in [-0.39, 0.29) is 11.9 Å². The van der Waals surface area contributed by atoms with Crippen LogP contribution in [0.4, 0.5) is 10.1 Å². The van der Waals surface area contributed by atoms with Gasteiger partial charge in [0.2, 0.25) is 0 Å². The van der Waals surface area contributed by atoms with E-state index in [9.17, 15) is 4.39 Å². The molecule has 0 bridgehead atoms. The second-order valence-corrected chi connectivity index (χ2v) is 4.86. The molecule has 0 saturated carbocycles. The summed E-state index contributed by atoms with van der Waals surface area (Å²) in [6, 6.07) is 13.2. The van der Waals surface area contributed by atoms with Gasteiger partial charge in [0, 0.05) is 0 Å². The Labute approximate surface area is 119 Å². The lowest BCUT2D eigenvalue weighted by molar-refractivity contribution is 0.414. The molecule has 20 heavy (non-hydrogen) atoms. The fourth-order valence-electron chi connectivity index (χ4n) is 2.18. The second-order valence-electron chi connectivity index (χ2n) is 4.86. The normalized spacial score (nSPS) is 12.0. The van der Waals surface area contributed by atoms with Crippen LogP contribution in [0, 0.1) is 12.7 Å². The van der Waals surface area contributed by atoms with Crippen molar-refractivity contribution in [1.29, 1.82) is 0 Å². The van der Waals surface area contributed by atoms with Gasteiger partial charge >= 0.3 is 0 Å². The molecule has 0 aromatic heterocycles. The molecule has 2 rings (SSSR count). The fourth-order valence-corrected chi connectivity index (χ4v) is 2.18. The van der Waals surface area contributed by atoms with Gasteiger partial charge in [-0.1, -0.05) is 25.1 Å². The Morgan fingerprint density at radius 3 is 2.40 bits per heavy atom. The number of halogens is 1. The SMILES string of the molecule is CCC(Nc1ccc(C)cc1F)c1ccc(OC)cc1. The first-order valence-corrected chi connectivity index (χ1v) is 6.80. The van der Waals surface area contributed by atoms with Crippen molar-refractivity contribution in [3.8, 4) is 5.75 Å². The van der Waals surface area contributed by atoms with Crippen LogP contribution in [-0.2, 0) is 0 Å². The van der Waals surface area contributed by atoms with Crippen LogP contribution in [-0.4, -0.2) is 7.11 Å². The van der Waals surface area contributed by atoms with E-state index in [1.807, 2.05) is 37.3 Å². The molecule has 1 N–H and O–H groups in total. The van der Waals surface area contributed by atoms with Gasteiger partial charge in [0.1, 0.15) is 11.6 Å². The van der Waals surface area contributed by atoms with E-state index in [1.165, 1.54) is 0 Å². The highest BCUT2D eigenvalue weighted by molar-refractivity contribution is 5.48. The van der Waals surface area contributed by atoms with Gasteiger partial charge in [-0.05, 0) is 48.7 Å². The third kappa shape index (κ3) is 3.29. The lowest BCUT2D eigenvalue weighted by atomic mass is 10.0. The van der Waals surface area contributed by atoms with Crippen molar-refractivity contribution < 1.29 is 9.13 Å². The number of benzene rings is 2. The lowest BCUT2D eigenvalue weighted by Gasteiger charge is -2.19. The van der Waals surface area contributed by atoms with Crippen molar-refractivity contribution in [2.75, 3.05) is 12.4 Å². The molecule has 2 aromatic rings. The van der Waals surface area contributed by atoms with Gasteiger partial charge in [-0.15, -0.1) is 0 Å². The Kier molecular flexibility index (Phi) is 4.61. The summed E-state index contributed by atoms with van der Waals surface area (Å²) >= 11 is 0. The Morgan fingerprint density at radius 2 is 1.85 bits per heavy atom. The minimum Gasteiger partial charge on any atom is -0.497 e. The number of rotatable bonds is 5. The van der Waals surface area contributed by atoms with E-state index in [0.717, 1.165) is 23.3 Å². The highest BCUT2D eigenvalue weighted by Crippen LogP contribution is 2.26. The van der Waals surface area contributed by atoms with Crippen LogP contribution in [0.3, 0.4) is 0 Å². The van der Waals surface area contributed by atoms with E-state index in [0.29, 0.717) is 5.69 Å². The summed E-state index contributed by atoms with van der Waals surface area (Å²) in [5.74, 6) is 0.613. The van der Waals surface area contributed by atoms with Crippen molar-refractivity contribution in [2.45, 2.75) is 26.3 Å². The zero-order chi connectivity index (χ0) is 14.5. The molecule has 0 radical (unpaired) electrons. The molecule has 0 aliphatic rings. The third-order valence-corrected chi connectivity index (χ3v) is 3.38. The molecule has 3 heteroatoms. The predicted molar refractivity (Wildman–Crippen MR) is 80.8 cm³/mol. The van der Waals surface area contributed by atoms with E-state index in [4.69, 9.17) is 4.74 Å². The smallest absolute Gasteiger partial charge is 0.146 e. The summed E-state index contributed by atoms with van der Waals surface area (Å²) in [7, 11) is 1.65. The Balaban J connectivity index is 2.19. The molecular weight excluding hydrogens is 253 g/mol. The maximum Gasteiger partial charge on any atom is 0.146 e. The first kappa shape index (κ1) is 14.4. The van der Waals surface area contributed by atoms with Gasteiger partial charge in [-0.2, -0.15) is 0 Å². The van der Waals surface area contributed by atoms with Crippen molar-refractivity contribution in [3.63, 3.8) is 0 Å². The molecule has 2 aromatic carbocycles. The Morgan fingerprint density at radius 1 is 1.15 bits per heavy atom. The minimum absolute atomic E-state index is 0.0816. The van der Waals surface area contributed by atoms with Crippen molar-refractivity contribution in [2.24, 2.45) is 0 Å². The van der Waals surface area contributed by atoms with Crippen LogP contribution in [0.15, 0.2) is 42.5 Å². The first-order chi connectivity index (χ1) is 9.63. The summed E-state index contributed by atoms with van der Waals surface area (Å²) in [5.41, 5.74) is 2.58. The van der Waals surface area contributed by atoms with E-state index >= 15 is 0 Å². The van der Waals surface area contributed by atoms with Gasteiger partial charge in [-0.3, -0.25) is 0 Å². The average molecular weight is 273 g/mol. The van der Waals surface area contributed by atoms with Gasteiger partial charge in [-0.25, -0.2) is 4.39 Å². The summed E-state index contributed by atoms with van der Waals surface area (Å²) in [6.45, 7) is 3.96. The van der Waals surface area contributed by atoms with Crippen LogP contribution in [0.2, 0.25) is 0 Å². The van der Waals surface area contributed by atoms with Gasteiger partial charge < -0.3 is 10.1 Å². The maximum absolute atomic E-state index is 13.9. The molecule has 0 aliphatic heterocycles. The van der Waals surface area contributed by atoms with E-state index in [1.54, 1.807) is 19.2 Å². The lowest BCUT2D eigenvalue weighted by Crippen LogP contribution is -2.10. The number of ether oxygens (including phenoxy) is 1. The molecule has 1 atom stereocenters. The summed E-state index contributed by atoms with van der Waals surface area (Å²) in [6.07, 6.45) is 0.875. The molecule has 0 heterocycles. The summed E-state index contributed by atoms with van der Waals surface area (Å²) < 4.78 is 19.1. The van der Waals surface area contributed by atoms with Gasteiger partial charge in [0.05, 0.1) is 18.8 Å². The van der Waals surface area contributed by atoms with Crippen LogP contribution in [0.1, 0.15) is 30.5 Å². The third-order valence-electron chi connectivity index (χ3n) is 3.38. The monoisotopic (exact) mass is 273 g/mol. The van der Waals surface area contributed by atoms with Gasteiger partial charge in [0.25, 0.3) is 0 Å². The molecule has 2 nitrogen and oxygen atoms in total. The molecule has 0 spiro atoms. The average Bonchev–Trinajstić information content (AvgIpc) is 2.47. The molecule has 0 aliphatic carbocycles. The Hall–Kier alpha value is -2.03. The van der Waals surface area contributed by atoms with Crippen molar-refractivity contribution in [3.05, 3.63) is 59.4 Å². The molecule has 0 amide bonds. The quantitative estimate of drug-likeness (QED) is 0.852. The summed E-state index contributed by atoms with van der Waals surface area (Å²) in [4.78, 5) is 0. The number of nitrogens with one attached hydrogen (secondary N) is 1. The Bertz CT molecular complexity index is 566. The number of hydrogen-bond acceptors (Lipinski definition) is 2. The number of aryl methyl sites for hydroxylation is 1. The number of anilines is 1. The second kappa shape index (κ2) is 6.42. The van der Waals surface area contributed by atoms with Crippen LogP contribution < -0.4 is 10.1 Å². The first-order valence-electron chi connectivity index (χ1n) is 6.80. The molecule has 0 fully saturated rings. The number of methoxy groups -OCH3 is 1. The van der Waals surface area contributed by atoms with Crippen molar-refractivity contribution >= 4 is 5.69 Å². The van der Waals surface area contributed by atoms with E-state index in [2.05, 4.69) is 12.2 Å². The highest BCUT2D eigenvalue weighted by Gasteiger charge is 2.11. The van der Waals surface area contributed by atoms with Gasteiger partial charge in [0.15, 0.2) is 0 Å². The number of hydrogen-bond donors (Lipinski definition) is 1. The standard InChI is InChI=1S/C17H20FNO/c1-4-16(13-6-8-14(20-3)9-7-13)19-17-10-5-12(2)11-15(17)18/h5-11,16,19H,4H2,1-3H3. The zero-order valence-electron chi connectivity index (χ0n) is 12.1. The largest absolute Gasteiger partial charge is 0.497 e. The van der Waals surface area contributed by atoms with E-state index < -0.39 is 0 Å². The molecule has 1 unspecified atom stereocenters. The zero-order valence-corrected chi connectivity index (χ0v) is 12.1. The van der Waals surface area contributed by atoms with Crippen LogP contribution >= 0.6 is 0 Å². The predicted octanol–water partition coefficient (Wildman–Crippen LogP) is 4.71. The molecular formula is C17H20FNO.